The van der Waals surface area contributed by atoms with Crippen molar-refractivity contribution in [3.63, 3.8) is 0 Å². The van der Waals surface area contributed by atoms with E-state index in [1.54, 1.807) is 12.4 Å². The summed E-state index contributed by atoms with van der Waals surface area (Å²) in [6, 6.07) is -0.00935. The molecular weight excluding hydrogens is 222 g/mol. The van der Waals surface area contributed by atoms with Gasteiger partial charge in [-0.15, -0.1) is 0 Å². The van der Waals surface area contributed by atoms with Crippen LogP contribution in [0, 0.1) is 6.92 Å². The van der Waals surface area contributed by atoms with Crippen molar-refractivity contribution in [2.45, 2.75) is 43.1 Å². The molecule has 0 aromatic carbocycles. The third-order valence-electron chi connectivity index (χ3n) is 2.29. The minimum atomic E-state index is -0.0253. The minimum absolute atomic E-state index is 0.00935. The van der Waals surface area contributed by atoms with E-state index >= 15 is 0 Å². The Morgan fingerprint density at radius 2 is 2.06 bits per heavy atom. The molecule has 2 unspecified atom stereocenters. The van der Waals surface area contributed by atoms with Crippen LogP contribution in [0.15, 0.2) is 17.6 Å². The summed E-state index contributed by atoms with van der Waals surface area (Å²) in [6.45, 7) is 4.09. The predicted molar refractivity (Wildman–Crippen MR) is 66.4 cm³/mol. The maximum Gasteiger partial charge on any atom is 0.187 e. The molecule has 0 spiro atoms. The topological polar surface area (TPSA) is 72.0 Å². The van der Waals surface area contributed by atoms with Crippen molar-refractivity contribution in [2.75, 3.05) is 6.61 Å². The monoisotopic (exact) mass is 241 g/mol. The number of rotatable bonds is 6. The first-order chi connectivity index (χ1) is 7.67. The van der Waals surface area contributed by atoms with Crippen LogP contribution in [-0.4, -0.2) is 33.0 Å². The highest BCUT2D eigenvalue weighted by Crippen LogP contribution is 2.22. The minimum Gasteiger partial charge on any atom is -0.395 e. The second kappa shape index (κ2) is 6.83. The van der Waals surface area contributed by atoms with Crippen LogP contribution < -0.4 is 5.73 Å². The first-order valence-electron chi connectivity index (χ1n) is 5.49. The number of nitrogens with two attached hydrogens (primary N) is 1. The molecule has 0 aliphatic carbocycles. The van der Waals surface area contributed by atoms with Gasteiger partial charge in [0, 0.05) is 18.4 Å². The van der Waals surface area contributed by atoms with Crippen molar-refractivity contribution in [3.8, 4) is 0 Å². The Labute approximate surface area is 101 Å². The van der Waals surface area contributed by atoms with Crippen molar-refractivity contribution < 1.29 is 5.11 Å². The van der Waals surface area contributed by atoms with Gasteiger partial charge >= 0.3 is 0 Å². The molecule has 0 saturated heterocycles. The van der Waals surface area contributed by atoms with E-state index in [1.807, 2.05) is 6.92 Å². The zero-order valence-corrected chi connectivity index (χ0v) is 10.6. The molecule has 0 saturated carbocycles. The summed E-state index contributed by atoms with van der Waals surface area (Å²) in [7, 11) is 0. The smallest absolute Gasteiger partial charge is 0.187 e. The van der Waals surface area contributed by atoms with E-state index in [0.29, 0.717) is 5.16 Å². The lowest BCUT2D eigenvalue weighted by molar-refractivity contribution is 0.279. The molecule has 0 bridgehead atoms. The van der Waals surface area contributed by atoms with Crippen LogP contribution in [0.5, 0.6) is 0 Å². The Balaban J connectivity index is 2.59. The lowest BCUT2D eigenvalue weighted by Crippen LogP contribution is -2.34. The van der Waals surface area contributed by atoms with E-state index < -0.39 is 0 Å². The molecule has 4 nitrogen and oxygen atoms in total. The van der Waals surface area contributed by atoms with Crippen LogP contribution in [0.1, 0.15) is 25.3 Å². The van der Waals surface area contributed by atoms with Gasteiger partial charge in [-0.25, -0.2) is 9.97 Å². The zero-order chi connectivity index (χ0) is 12.0. The lowest BCUT2D eigenvalue weighted by atomic mass is 10.1. The van der Waals surface area contributed by atoms with Crippen LogP contribution in [0.3, 0.4) is 0 Å². The molecule has 16 heavy (non-hydrogen) atoms. The van der Waals surface area contributed by atoms with Crippen LogP contribution in [0.2, 0.25) is 0 Å². The van der Waals surface area contributed by atoms with Gasteiger partial charge in [0.2, 0.25) is 0 Å². The van der Waals surface area contributed by atoms with Crippen LogP contribution >= 0.6 is 11.8 Å². The Kier molecular flexibility index (Phi) is 5.73. The Morgan fingerprint density at radius 3 is 2.56 bits per heavy atom. The number of aryl methyl sites for hydroxylation is 1. The number of hydrogen-bond acceptors (Lipinski definition) is 5. The quantitative estimate of drug-likeness (QED) is 0.581. The molecule has 0 fully saturated rings. The van der Waals surface area contributed by atoms with Gasteiger partial charge in [-0.05, 0) is 18.9 Å². The van der Waals surface area contributed by atoms with E-state index in [2.05, 4.69) is 16.9 Å². The van der Waals surface area contributed by atoms with Gasteiger partial charge in [-0.3, -0.25) is 0 Å². The Hall–Kier alpha value is -0.650. The molecule has 1 aromatic heterocycles. The molecular formula is C11H19N3OS. The second-order valence-electron chi connectivity index (χ2n) is 3.83. The summed E-state index contributed by atoms with van der Waals surface area (Å²) in [5.41, 5.74) is 7.01. The molecule has 0 radical (unpaired) electrons. The number of nitrogens with zero attached hydrogens (tertiary/aromatic N) is 2. The fourth-order valence-electron chi connectivity index (χ4n) is 1.36. The molecule has 1 rings (SSSR count). The van der Waals surface area contributed by atoms with Crippen molar-refractivity contribution in [1.82, 2.24) is 9.97 Å². The number of aliphatic hydroxyl groups excluding tert-OH is 1. The summed E-state index contributed by atoms with van der Waals surface area (Å²) in [5, 5.41) is 9.93. The van der Waals surface area contributed by atoms with Crippen molar-refractivity contribution in [1.29, 1.82) is 0 Å². The third-order valence-corrected chi connectivity index (χ3v) is 3.52. The van der Waals surface area contributed by atoms with Crippen molar-refractivity contribution >= 4 is 11.8 Å². The second-order valence-corrected chi connectivity index (χ2v) is 5.04. The molecule has 90 valence electrons. The highest BCUT2D eigenvalue weighted by molar-refractivity contribution is 7.99. The van der Waals surface area contributed by atoms with E-state index in [9.17, 15) is 5.11 Å². The highest BCUT2D eigenvalue weighted by atomic mass is 32.2. The number of aliphatic hydroxyl groups is 1. The Bertz CT molecular complexity index is 305. The van der Waals surface area contributed by atoms with E-state index in [0.717, 1.165) is 18.4 Å². The van der Waals surface area contributed by atoms with Gasteiger partial charge in [0.25, 0.3) is 0 Å². The SMILES string of the molecule is CCCC(N)C(CO)Sc1ncc(C)cn1. The Morgan fingerprint density at radius 1 is 1.44 bits per heavy atom. The molecule has 0 aliphatic rings. The summed E-state index contributed by atoms with van der Waals surface area (Å²) < 4.78 is 0. The van der Waals surface area contributed by atoms with Gasteiger partial charge < -0.3 is 10.8 Å². The fourth-order valence-corrected chi connectivity index (χ4v) is 2.24. The van der Waals surface area contributed by atoms with Crippen molar-refractivity contribution in [2.24, 2.45) is 5.73 Å². The standard InChI is InChI=1S/C11H19N3OS/c1-3-4-9(12)10(7-15)16-11-13-5-8(2)6-14-11/h5-6,9-10,15H,3-4,7,12H2,1-2H3. The summed E-state index contributed by atoms with van der Waals surface area (Å²) in [6.07, 6.45) is 5.47. The average molecular weight is 241 g/mol. The average Bonchev–Trinajstić information content (AvgIpc) is 2.28. The lowest BCUT2D eigenvalue weighted by Gasteiger charge is -2.19. The predicted octanol–water partition coefficient (Wildman–Crippen LogP) is 1.37. The molecule has 0 aliphatic heterocycles. The van der Waals surface area contributed by atoms with Crippen molar-refractivity contribution in [3.05, 3.63) is 18.0 Å². The summed E-state index contributed by atoms with van der Waals surface area (Å²) >= 11 is 1.45. The van der Waals surface area contributed by atoms with Gasteiger partial charge in [0.15, 0.2) is 5.16 Å². The number of aromatic nitrogens is 2. The maximum atomic E-state index is 9.28. The molecule has 3 N–H and O–H groups in total. The molecule has 1 heterocycles. The molecule has 5 heteroatoms. The fraction of sp³-hybridized carbons (Fsp3) is 0.636. The van der Waals surface area contributed by atoms with Crippen LogP contribution in [0.25, 0.3) is 0 Å². The highest BCUT2D eigenvalue weighted by Gasteiger charge is 2.18. The number of thioether (sulfide) groups is 1. The summed E-state index contributed by atoms with van der Waals surface area (Å²) in [4.78, 5) is 8.39. The van der Waals surface area contributed by atoms with Gasteiger partial charge in [0.1, 0.15) is 0 Å². The summed E-state index contributed by atoms with van der Waals surface area (Å²) in [5.74, 6) is 0. The molecule has 0 amide bonds. The maximum absolute atomic E-state index is 9.28. The third kappa shape index (κ3) is 4.08. The van der Waals surface area contributed by atoms with Crippen LogP contribution in [-0.2, 0) is 0 Å². The van der Waals surface area contributed by atoms with Gasteiger partial charge in [0.05, 0.1) is 11.9 Å². The van der Waals surface area contributed by atoms with Crippen LogP contribution in [0.4, 0.5) is 0 Å². The van der Waals surface area contributed by atoms with E-state index in [1.165, 1.54) is 11.8 Å². The number of hydrogen-bond donors (Lipinski definition) is 2. The molecule has 1 aromatic rings. The first kappa shape index (κ1) is 13.4. The van der Waals surface area contributed by atoms with Gasteiger partial charge in [-0.1, -0.05) is 25.1 Å². The van der Waals surface area contributed by atoms with E-state index in [4.69, 9.17) is 5.73 Å². The first-order valence-corrected chi connectivity index (χ1v) is 6.37. The molecule has 2 atom stereocenters. The normalized spacial score (nSPS) is 14.8. The largest absolute Gasteiger partial charge is 0.395 e. The zero-order valence-electron chi connectivity index (χ0n) is 9.76. The van der Waals surface area contributed by atoms with Gasteiger partial charge in [-0.2, -0.15) is 0 Å². The van der Waals surface area contributed by atoms with E-state index in [-0.39, 0.29) is 17.9 Å².